The maximum Gasteiger partial charge on any atom is 0.265 e. The molecule has 0 unspecified atom stereocenters. The molecule has 0 bridgehead atoms. The fraction of sp³-hybridized carbons (Fsp3) is 0. The molecule has 1 aromatic carbocycles. The molecule has 0 radical (unpaired) electrons. The Morgan fingerprint density at radius 2 is 1.95 bits per heavy atom. The number of thiocarbonyl (C=S) groups is 1. The first-order valence-corrected chi connectivity index (χ1v) is 8.84. The van der Waals surface area contributed by atoms with Crippen molar-refractivity contribution in [2.45, 2.75) is 0 Å². The van der Waals surface area contributed by atoms with E-state index in [0.717, 1.165) is 12.7 Å². The van der Waals surface area contributed by atoms with Crippen LogP contribution in [0, 0.1) is 0 Å². The molecule has 2 aromatic rings. The van der Waals surface area contributed by atoms with E-state index in [0.29, 0.717) is 16.1 Å². The molecule has 0 saturated heterocycles. The van der Waals surface area contributed by atoms with Gasteiger partial charge >= 0.3 is 0 Å². The lowest BCUT2D eigenvalue weighted by Gasteiger charge is -2.10. The second-order valence-electron chi connectivity index (χ2n) is 3.74. The van der Waals surface area contributed by atoms with Crippen LogP contribution >= 0.6 is 71.3 Å². The first-order valence-electron chi connectivity index (χ1n) is 5.24. The van der Waals surface area contributed by atoms with E-state index in [1.165, 1.54) is 11.3 Å². The standard InChI is InChI=1S/C12H7Br3N2OS2/c13-5-1-2-6(11(16)19)8(3-5)17-12(18)9-4-7(14)10(15)20-9/h1-4H,(H2,16,19)(H,17,18). The third kappa shape index (κ3) is 3.67. The van der Waals surface area contributed by atoms with Crippen LogP contribution in [0.15, 0.2) is 37.0 Å². The molecule has 3 nitrogen and oxygen atoms in total. The summed E-state index contributed by atoms with van der Waals surface area (Å²) < 4.78 is 2.55. The normalized spacial score (nSPS) is 10.3. The van der Waals surface area contributed by atoms with Crippen molar-refractivity contribution in [3.05, 3.63) is 47.4 Å². The van der Waals surface area contributed by atoms with Crippen molar-refractivity contribution < 1.29 is 4.79 Å². The summed E-state index contributed by atoms with van der Waals surface area (Å²) in [6, 6.07) is 7.11. The Kier molecular flexibility index (Phi) is 5.36. The number of halogens is 3. The van der Waals surface area contributed by atoms with E-state index in [-0.39, 0.29) is 10.9 Å². The molecule has 0 fully saturated rings. The monoisotopic (exact) mass is 496 g/mol. The van der Waals surface area contributed by atoms with Crippen molar-refractivity contribution in [1.82, 2.24) is 0 Å². The summed E-state index contributed by atoms with van der Waals surface area (Å²) in [4.78, 5) is 13.0. The number of hydrogen-bond acceptors (Lipinski definition) is 3. The SMILES string of the molecule is NC(=S)c1ccc(Br)cc1NC(=O)c1cc(Br)c(Br)s1. The van der Waals surface area contributed by atoms with Gasteiger partial charge in [-0.05, 0) is 56.1 Å². The zero-order valence-corrected chi connectivity index (χ0v) is 16.1. The molecule has 1 aromatic heterocycles. The van der Waals surface area contributed by atoms with Crippen LogP contribution < -0.4 is 11.1 Å². The third-order valence-corrected chi connectivity index (χ3v) is 6.33. The number of anilines is 1. The highest BCUT2D eigenvalue weighted by Crippen LogP contribution is 2.33. The lowest BCUT2D eigenvalue weighted by Crippen LogP contribution is -2.17. The van der Waals surface area contributed by atoms with Crippen LogP contribution in [0.3, 0.4) is 0 Å². The minimum absolute atomic E-state index is 0.211. The van der Waals surface area contributed by atoms with Gasteiger partial charge in [-0.1, -0.05) is 28.1 Å². The van der Waals surface area contributed by atoms with Gasteiger partial charge in [0.15, 0.2) is 0 Å². The maximum absolute atomic E-state index is 12.2. The first-order chi connectivity index (χ1) is 9.38. The quantitative estimate of drug-likeness (QED) is 0.590. The second kappa shape index (κ2) is 6.65. The van der Waals surface area contributed by atoms with E-state index in [9.17, 15) is 4.79 Å². The van der Waals surface area contributed by atoms with Gasteiger partial charge in [-0.25, -0.2) is 0 Å². The molecule has 8 heteroatoms. The van der Waals surface area contributed by atoms with Crippen molar-refractivity contribution in [3.63, 3.8) is 0 Å². The Morgan fingerprint density at radius 3 is 2.50 bits per heavy atom. The predicted octanol–water partition coefficient (Wildman–Crippen LogP) is 4.92. The van der Waals surface area contributed by atoms with E-state index in [1.54, 1.807) is 18.2 Å². The predicted molar refractivity (Wildman–Crippen MR) is 97.7 cm³/mol. The number of benzene rings is 1. The van der Waals surface area contributed by atoms with Crippen molar-refractivity contribution in [3.8, 4) is 0 Å². The Labute approximate surface area is 150 Å². The molecule has 1 amide bonds. The summed E-state index contributed by atoms with van der Waals surface area (Å²) in [5.74, 6) is -0.211. The van der Waals surface area contributed by atoms with Gasteiger partial charge in [-0.2, -0.15) is 0 Å². The minimum atomic E-state index is -0.211. The van der Waals surface area contributed by atoms with E-state index < -0.39 is 0 Å². The number of carbonyl (C=O) groups excluding carboxylic acids is 1. The fourth-order valence-corrected chi connectivity index (χ4v) is 3.95. The summed E-state index contributed by atoms with van der Waals surface area (Å²) >= 11 is 16.4. The van der Waals surface area contributed by atoms with Gasteiger partial charge in [0.2, 0.25) is 0 Å². The van der Waals surface area contributed by atoms with Crippen LogP contribution in [0.5, 0.6) is 0 Å². The van der Waals surface area contributed by atoms with E-state index in [2.05, 4.69) is 53.1 Å². The molecular weight excluding hydrogens is 492 g/mol. The zero-order chi connectivity index (χ0) is 14.9. The van der Waals surface area contributed by atoms with Crippen LogP contribution in [0.4, 0.5) is 5.69 Å². The van der Waals surface area contributed by atoms with Crippen LogP contribution in [-0.2, 0) is 0 Å². The van der Waals surface area contributed by atoms with E-state index in [1.807, 2.05) is 6.07 Å². The summed E-state index contributed by atoms with van der Waals surface area (Å²) in [7, 11) is 0. The minimum Gasteiger partial charge on any atom is -0.389 e. The number of carbonyl (C=O) groups is 1. The summed E-state index contributed by atoms with van der Waals surface area (Å²) in [6.45, 7) is 0. The molecule has 20 heavy (non-hydrogen) atoms. The van der Waals surface area contributed by atoms with Gasteiger partial charge in [0.05, 0.1) is 14.4 Å². The molecule has 3 N–H and O–H groups in total. The van der Waals surface area contributed by atoms with Gasteiger partial charge in [0, 0.05) is 14.5 Å². The summed E-state index contributed by atoms with van der Waals surface area (Å²) in [5.41, 5.74) is 6.87. The summed E-state index contributed by atoms with van der Waals surface area (Å²) in [6.07, 6.45) is 0. The number of nitrogens with one attached hydrogen (secondary N) is 1. The van der Waals surface area contributed by atoms with Crippen LogP contribution in [0.25, 0.3) is 0 Å². The molecule has 0 aliphatic carbocycles. The highest BCUT2D eigenvalue weighted by Gasteiger charge is 2.14. The van der Waals surface area contributed by atoms with Gasteiger partial charge in [-0.3, -0.25) is 4.79 Å². The van der Waals surface area contributed by atoms with Crippen molar-refractivity contribution in [2.24, 2.45) is 5.73 Å². The van der Waals surface area contributed by atoms with Gasteiger partial charge in [0.1, 0.15) is 4.99 Å². The molecule has 0 spiro atoms. The van der Waals surface area contributed by atoms with Crippen LogP contribution in [0.2, 0.25) is 0 Å². The lowest BCUT2D eigenvalue weighted by atomic mass is 10.1. The molecule has 0 saturated carbocycles. The van der Waals surface area contributed by atoms with Gasteiger partial charge in [-0.15, -0.1) is 11.3 Å². The Balaban J connectivity index is 2.32. The molecular formula is C12H7Br3N2OS2. The number of amides is 1. The summed E-state index contributed by atoms with van der Waals surface area (Å²) in [5, 5.41) is 2.82. The number of hydrogen-bond donors (Lipinski definition) is 2. The number of rotatable bonds is 3. The molecule has 0 aliphatic heterocycles. The average molecular weight is 499 g/mol. The van der Waals surface area contributed by atoms with Crippen molar-refractivity contribution in [1.29, 1.82) is 0 Å². The number of nitrogens with two attached hydrogens (primary N) is 1. The van der Waals surface area contributed by atoms with Crippen LogP contribution in [0.1, 0.15) is 15.2 Å². The van der Waals surface area contributed by atoms with Gasteiger partial charge in [0.25, 0.3) is 5.91 Å². The Hall–Kier alpha value is -0.280. The first kappa shape index (κ1) is 16.1. The topological polar surface area (TPSA) is 55.1 Å². The smallest absolute Gasteiger partial charge is 0.265 e. The molecule has 2 rings (SSSR count). The molecule has 0 atom stereocenters. The van der Waals surface area contributed by atoms with Gasteiger partial charge < -0.3 is 11.1 Å². The fourth-order valence-electron chi connectivity index (χ4n) is 1.48. The molecule has 104 valence electrons. The van der Waals surface area contributed by atoms with E-state index >= 15 is 0 Å². The highest BCUT2D eigenvalue weighted by molar-refractivity contribution is 9.13. The molecule has 1 heterocycles. The largest absolute Gasteiger partial charge is 0.389 e. The van der Waals surface area contributed by atoms with Crippen molar-refractivity contribution in [2.75, 3.05) is 5.32 Å². The third-order valence-electron chi connectivity index (χ3n) is 2.36. The molecule has 0 aliphatic rings. The Bertz CT molecular complexity index is 681. The van der Waals surface area contributed by atoms with Crippen LogP contribution in [-0.4, -0.2) is 10.9 Å². The number of thiophene rings is 1. The van der Waals surface area contributed by atoms with Crippen molar-refractivity contribution >= 4 is 87.9 Å². The van der Waals surface area contributed by atoms with E-state index in [4.69, 9.17) is 18.0 Å². The zero-order valence-electron chi connectivity index (χ0n) is 9.75. The lowest BCUT2D eigenvalue weighted by molar-refractivity contribution is 0.103. The average Bonchev–Trinajstić information content (AvgIpc) is 2.69. The maximum atomic E-state index is 12.2. The highest BCUT2D eigenvalue weighted by atomic mass is 79.9. The second-order valence-corrected chi connectivity index (χ2v) is 8.32. The Morgan fingerprint density at radius 1 is 1.25 bits per heavy atom.